The molecule has 2 heterocycles. The summed E-state index contributed by atoms with van der Waals surface area (Å²) in [5.74, 6) is 0. The number of piperidine rings is 1. The van der Waals surface area contributed by atoms with Crippen molar-refractivity contribution in [3.8, 4) is 0 Å². The van der Waals surface area contributed by atoms with Crippen molar-refractivity contribution in [2.24, 2.45) is 0 Å². The molecule has 0 aromatic rings. The lowest BCUT2D eigenvalue weighted by Crippen LogP contribution is -2.58. The summed E-state index contributed by atoms with van der Waals surface area (Å²) >= 11 is 0. The van der Waals surface area contributed by atoms with Gasteiger partial charge in [-0.3, -0.25) is 0 Å². The van der Waals surface area contributed by atoms with Crippen LogP contribution >= 0.6 is 0 Å². The van der Waals surface area contributed by atoms with Crippen LogP contribution in [-0.4, -0.2) is 54.5 Å². The first-order valence-electron chi connectivity index (χ1n) is 4.60. The lowest BCUT2D eigenvalue weighted by molar-refractivity contribution is -0.0423. The highest BCUT2D eigenvalue weighted by molar-refractivity contribution is 5.65. The van der Waals surface area contributed by atoms with Gasteiger partial charge in [0.05, 0.1) is 19.3 Å². The molecular weight excluding hydrogens is 172 g/mol. The minimum Gasteiger partial charge on any atom is -0.465 e. The summed E-state index contributed by atoms with van der Waals surface area (Å²) in [5, 5.41) is 12.1. The largest absolute Gasteiger partial charge is 0.465 e. The molecule has 5 nitrogen and oxygen atoms in total. The number of nitrogens with one attached hydrogen (secondary N) is 1. The maximum atomic E-state index is 10.7. The van der Waals surface area contributed by atoms with Gasteiger partial charge < -0.3 is 20.1 Å². The van der Waals surface area contributed by atoms with E-state index in [2.05, 4.69) is 5.32 Å². The summed E-state index contributed by atoms with van der Waals surface area (Å²) in [6.07, 6.45) is 0.0722. The molecule has 2 saturated heterocycles. The Balaban J connectivity index is 1.95. The number of morpholine rings is 1. The Kier molecular flexibility index (Phi) is 2.37. The molecule has 0 aliphatic carbocycles. The topological polar surface area (TPSA) is 61.8 Å². The van der Waals surface area contributed by atoms with Crippen LogP contribution in [0.25, 0.3) is 0 Å². The Morgan fingerprint density at radius 1 is 1.62 bits per heavy atom. The lowest BCUT2D eigenvalue weighted by Gasteiger charge is -2.40. The van der Waals surface area contributed by atoms with Crippen molar-refractivity contribution in [2.75, 3.05) is 26.2 Å². The maximum Gasteiger partial charge on any atom is 0.407 e. The zero-order valence-electron chi connectivity index (χ0n) is 7.40. The summed E-state index contributed by atoms with van der Waals surface area (Å²) in [6.45, 7) is 2.70. The monoisotopic (exact) mass is 186 g/mol. The minimum atomic E-state index is -0.840. The summed E-state index contributed by atoms with van der Waals surface area (Å²) in [7, 11) is 0. The van der Waals surface area contributed by atoms with Crippen molar-refractivity contribution in [1.29, 1.82) is 0 Å². The minimum absolute atomic E-state index is 0.0543. The van der Waals surface area contributed by atoms with Crippen molar-refractivity contribution in [1.82, 2.24) is 10.2 Å². The molecule has 0 saturated carbocycles. The molecule has 0 bridgehead atoms. The first-order chi connectivity index (χ1) is 6.27. The highest BCUT2D eigenvalue weighted by Gasteiger charge is 2.33. The first-order valence-corrected chi connectivity index (χ1v) is 4.60. The SMILES string of the molecule is O=C(O)N1CCC2NCCOC2C1. The number of amides is 1. The van der Waals surface area contributed by atoms with Gasteiger partial charge in [0.25, 0.3) is 0 Å². The van der Waals surface area contributed by atoms with Gasteiger partial charge in [-0.05, 0) is 6.42 Å². The molecule has 2 atom stereocenters. The molecule has 1 amide bonds. The van der Waals surface area contributed by atoms with Crippen LogP contribution in [0.5, 0.6) is 0 Å². The van der Waals surface area contributed by atoms with Gasteiger partial charge in [0, 0.05) is 19.1 Å². The molecule has 0 aromatic carbocycles. The Hall–Kier alpha value is -0.810. The molecule has 5 heteroatoms. The summed E-state index contributed by atoms with van der Waals surface area (Å²) < 4.78 is 5.49. The molecule has 2 rings (SSSR count). The maximum absolute atomic E-state index is 10.7. The zero-order chi connectivity index (χ0) is 9.26. The van der Waals surface area contributed by atoms with Crippen LogP contribution in [0.4, 0.5) is 4.79 Å². The number of likely N-dealkylation sites (tertiary alicyclic amines) is 1. The number of rotatable bonds is 0. The third kappa shape index (κ3) is 1.76. The number of nitrogens with zero attached hydrogens (tertiary/aromatic N) is 1. The van der Waals surface area contributed by atoms with E-state index < -0.39 is 6.09 Å². The molecule has 0 radical (unpaired) electrons. The Labute approximate surface area is 76.7 Å². The molecule has 13 heavy (non-hydrogen) atoms. The van der Waals surface area contributed by atoms with Crippen LogP contribution in [-0.2, 0) is 4.74 Å². The van der Waals surface area contributed by atoms with Crippen molar-refractivity contribution in [3.63, 3.8) is 0 Å². The summed E-state index contributed by atoms with van der Waals surface area (Å²) in [6, 6.07) is 0.351. The second-order valence-electron chi connectivity index (χ2n) is 3.49. The Morgan fingerprint density at radius 3 is 3.23 bits per heavy atom. The van der Waals surface area contributed by atoms with Gasteiger partial charge in [0.1, 0.15) is 0 Å². The van der Waals surface area contributed by atoms with E-state index >= 15 is 0 Å². The van der Waals surface area contributed by atoms with Gasteiger partial charge >= 0.3 is 6.09 Å². The van der Waals surface area contributed by atoms with Crippen LogP contribution in [0.15, 0.2) is 0 Å². The molecule has 0 aromatic heterocycles. The third-order valence-electron chi connectivity index (χ3n) is 2.67. The van der Waals surface area contributed by atoms with Gasteiger partial charge in [-0.15, -0.1) is 0 Å². The average molecular weight is 186 g/mol. The molecular formula is C8H14N2O3. The normalized spacial score (nSPS) is 34.0. The van der Waals surface area contributed by atoms with Gasteiger partial charge in [0.15, 0.2) is 0 Å². The van der Waals surface area contributed by atoms with E-state index in [1.165, 1.54) is 4.90 Å². The summed E-state index contributed by atoms with van der Waals surface area (Å²) in [5.41, 5.74) is 0. The number of ether oxygens (including phenoxy) is 1. The molecule has 2 aliphatic heterocycles. The van der Waals surface area contributed by atoms with Gasteiger partial charge in [-0.1, -0.05) is 0 Å². The van der Waals surface area contributed by atoms with Crippen LogP contribution in [0.1, 0.15) is 6.42 Å². The van der Waals surface area contributed by atoms with E-state index in [0.29, 0.717) is 25.7 Å². The Bertz CT molecular complexity index is 210. The van der Waals surface area contributed by atoms with Gasteiger partial charge in [-0.2, -0.15) is 0 Å². The van der Waals surface area contributed by atoms with E-state index in [-0.39, 0.29) is 6.10 Å². The second kappa shape index (κ2) is 3.51. The number of carbonyl (C=O) groups is 1. The number of hydrogen-bond acceptors (Lipinski definition) is 3. The van der Waals surface area contributed by atoms with Crippen molar-refractivity contribution in [3.05, 3.63) is 0 Å². The highest BCUT2D eigenvalue weighted by atomic mass is 16.5. The fraction of sp³-hybridized carbons (Fsp3) is 0.875. The first kappa shape index (κ1) is 8.77. The number of fused-ring (bicyclic) bond motifs is 1. The van der Waals surface area contributed by atoms with Crippen LogP contribution in [0.2, 0.25) is 0 Å². The molecule has 2 N–H and O–H groups in total. The van der Waals surface area contributed by atoms with E-state index in [0.717, 1.165) is 13.0 Å². The van der Waals surface area contributed by atoms with Crippen LogP contribution in [0, 0.1) is 0 Å². The summed E-state index contributed by atoms with van der Waals surface area (Å²) in [4.78, 5) is 12.1. The number of hydrogen-bond donors (Lipinski definition) is 2. The van der Waals surface area contributed by atoms with E-state index in [9.17, 15) is 4.79 Å². The third-order valence-corrected chi connectivity index (χ3v) is 2.67. The van der Waals surface area contributed by atoms with E-state index in [1.807, 2.05) is 0 Å². The second-order valence-corrected chi connectivity index (χ2v) is 3.49. The van der Waals surface area contributed by atoms with E-state index in [1.54, 1.807) is 0 Å². The fourth-order valence-corrected chi connectivity index (χ4v) is 1.95. The smallest absolute Gasteiger partial charge is 0.407 e. The van der Waals surface area contributed by atoms with Crippen LogP contribution < -0.4 is 5.32 Å². The predicted octanol–water partition coefficient (Wildman–Crippen LogP) is -0.273. The molecule has 2 unspecified atom stereocenters. The van der Waals surface area contributed by atoms with Crippen LogP contribution in [0.3, 0.4) is 0 Å². The van der Waals surface area contributed by atoms with Gasteiger partial charge in [0.2, 0.25) is 0 Å². The highest BCUT2D eigenvalue weighted by Crippen LogP contribution is 2.16. The molecule has 2 fully saturated rings. The molecule has 74 valence electrons. The zero-order valence-corrected chi connectivity index (χ0v) is 7.40. The average Bonchev–Trinajstić information content (AvgIpc) is 2.17. The van der Waals surface area contributed by atoms with Crippen molar-refractivity contribution >= 4 is 6.09 Å². The molecule has 2 aliphatic rings. The quantitative estimate of drug-likeness (QED) is 0.546. The molecule has 0 spiro atoms. The van der Waals surface area contributed by atoms with Crippen molar-refractivity contribution < 1.29 is 14.6 Å². The predicted molar refractivity (Wildman–Crippen MR) is 45.7 cm³/mol. The fourth-order valence-electron chi connectivity index (χ4n) is 1.95. The lowest BCUT2D eigenvalue weighted by atomic mass is 10.0. The standard InChI is InChI=1S/C8H14N2O3/c11-8(12)10-3-1-6-7(5-10)13-4-2-9-6/h6-7,9H,1-5H2,(H,11,12). The Morgan fingerprint density at radius 2 is 2.46 bits per heavy atom. The van der Waals surface area contributed by atoms with Crippen molar-refractivity contribution in [2.45, 2.75) is 18.6 Å². The van der Waals surface area contributed by atoms with Gasteiger partial charge in [-0.25, -0.2) is 4.79 Å². The van der Waals surface area contributed by atoms with E-state index in [4.69, 9.17) is 9.84 Å². The number of carboxylic acid groups (broad SMARTS) is 1.